The van der Waals surface area contributed by atoms with Gasteiger partial charge < -0.3 is 33.8 Å². The number of rotatable bonds is 70. The molecule has 0 aromatic rings. The van der Waals surface area contributed by atoms with Crippen molar-refractivity contribution in [1.29, 1.82) is 0 Å². The summed E-state index contributed by atoms with van der Waals surface area (Å²) in [6.07, 6.45) is 49.8. The largest absolute Gasteiger partial charge is 0.472 e. The first-order valence-electron chi connectivity index (χ1n) is 36.6. The van der Waals surface area contributed by atoms with Crippen LogP contribution in [0.3, 0.4) is 0 Å². The summed E-state index contributed by atoms with van der Waals surface area (Å²) >= 11 is 0. The molecular formula is C70H136O17P2. The van der Waals surface area contributed by atoms with E-state index in [0.717, 1.165) is 95.8 Å². The zero-order valence-electron chi connectivity index (χ0n) is 57.6. The van der Waals surface area contributed by atoms with E-state index in [0.29, 0.717) is 25.7 Å². The lowest BCUT2D eigenvalue weighted by atomic mass is 10.0. The van der Waals surface area contributed by atoms with Crippen LogP contribution in [-0.2, 0) is 65.4 Å². The molecule has 0 aliphatic rings. The Morgan fingerprint density at radius 1 is 0.303 bits per heavy atom. The number of ether oxygens (including phenoxy) is 4. The number of aliphatic hydroxyl groups is 1. The molecule has 0 saturated heterocycles. The van der Waals surface area contributed by atoms with Gasteiger partial charge in [0.15, 0.2) is 12.2 Å². The van der Waals surface area contributed by atoms with E-state index in [4.69, 9.17) is 37.0 Å². The second kappa shape index (κ2) is 63.5. The van der Waals surface area contributed by atoms with E-state index in [-0.39, 0.29) is 25.7 Å². The number of phosphoric ester groups is 2. The van der Waals surface area contributed by atoms with E-state index in [1.807, 2.05) is 0 Å². The average molecular weight is 1310 g/mol. The highest BCUT2D eigenvalue weighted by Gasteiger charge is 2.30. The summed E-state index contributed by atoms with van der Waals surface area (Å²) in [4.78, 5) is 72.5. The Morgan fingerprint density at radius 2 is 0.517 bits per heavy atom. The number of carbonyl (C=O) groups is 4. The molecule has 3 N–H and O–H groups in total. The number of esters is 4. The van der Waals surface area contributed by atoms with Gasteiger partial charge in [-0.2, -0.15) is 0 Å². The van der Waals surface area contributed by atoms with Crippen molar-refractivity contribution in [3.8, 4) is 0 Å². The molecule has 0 fully saturated rings. The molecule has 0 bridgehead atoms. The van der Waals surface area contributed by atoms with E-state index in [1.165, 1.54) is 186 Å². The fourth-order valence-electron chi connectivity index (χ4n) is 10.6. The van der Waals surface area contributed by atoms with Crippen LogP contribution in [0, 0.1) is 5.92 Å². The highest BCUT2D eigenvalue weighted by molar-refractivity contribution is 7.47. The third-order valence-electron chi connectivity index (χ3n) is 16.3. The van der Waals surface area contributed by atoms with Crippen molar-refractivity contribution in [2.45, 2.75) is 380 Å². The minimum Gasteiger partial charge on any atom is -0.462 e. The highest BCUT2D eigenvalue weighted by Crippen LogP contribution is 2.45. The molecule has 2 unspecified atom stereocenters. The van der Waals surface area contributed by atoms with Crippen LogP contribution >= 0.6 is 15.6 Å². The van der Waals surface area contributed by atoms with Crippen molar-refractivity contribution in [3.63, 3.8) is 0 Å². The van der Waals surface area contributed by atoms with E-state index in [1.54, 1.807) is 0 Å². The molecule has 0 amide bonds. The molecule has 89 heavy (non-hydrogen) atoms. The third-order valence-corrected chi connectivity index (χ3v) is 18.2. The minimum absolute atomic E-state index is 0.107. The van der Waals surface area contributed by atoms with Gasteiger partial charge >= 0.3 is 39.5 Å². The molecule has 0 radical (unpaired) electrons. The van der Waals surface area contributed by atoms with Crippen molar-refractivity contribution >= 4 is 39.5 Å². The van der Waals surface area contributed by atoms with E-state index in [9.17, 15) is 43.2 Å². The minimum atomic E-state index is -4.95. The van der Waals surface area contributed by atoms with Crippen molar-refractivity contribution in [2.75, 3.05) is 39.6 Å². The maximum Gasteiger partial charge on any atom is 0.472 e. The molecule has 0 rings (SSSR count). The molecule has 0 aromatic carbocycles. The Labute approximate surface area is 543 Å². The summed E-state index contributed by atoms with van der Waals surface area (Å²) in [7, 11) is -9.90. The summed E-state index contributed by atoms with van der Waals surface area (Å²) < 4.78 is 68.3. The van der Waals surface area contributed by atoms with Crippen LogP contribution in [0.4, 0.5) is 0 Å². The lowest BCUT2D eigenvalue weighted by molar-refractivity contribution is -0.161. The molecule has 5 atom stereocenters. The van der Waals surface area contributed by atoms with E-state index >= 15 is 0 Å². The molecule has 528 valence electrons. The van der Waals surface area contributed by atoms with Gasteiger partial charge in [0, 0.05) is 25.7 Å². The molecule has 19 heteroatoms. The van der Waals surface area contributed by atoms with Crippen LogP contribution in [0.2, 0.25) is 0 Å². The zero-order chi connectivity index (χ0) is 65.6. The van der Waals surface area contributed by atoms with Crippen LogP contribution in [0.25, 0.3) is 0 Å². The third kappa shape index (κ3) is 64.6. The zero-order valence-corrected chi connectivity index (χ0v) is 59.4. The maximum atomic E-state index is 13.0. The normalized spacial score (nSPS) is 14.1. The quantitative estimate of drug-likeness (QED) is 0.0222. The lowest BCUT2D eigenvalue weighted by Gasteiger charge is -2.21. The molecule has 0 aliphatic heterocycles. The van der Waals surface area contributed by atoms with Gasteiger partial charge in [0.1, 0.15) is 19.3 Å². The van der Waals surface area contributed by atoms with Crippen LogP contribution in [0.1, 0.15) is 362 Å². The lowest BCUT2D eigenvalue weighted by Crippen LogP contribution is -2.30. The van der Waals surface area contributed by atoms with Gasteiger partial charge in [-0.25, -0.2) is 9.13 Å². The predicted octanol–water partition coefficient (Wildman–Crippen LogP) is 20.1. The topological polar surface area (TPSA) is 237 Å². The van der Waals surface area contributed by atoms with E-state index < -0.39 is 97.5 Å². The first kappa shape index (κ1) is 87.1. The average Bonchev–Trinajstić information content (AvgIpc) is 3.71. The van der Waals surface area contributed by atoms with E-state index in [2.05, 4.69) is 34.6 Å². The summed E-state index contributed by atoms with van der Waals surface area (Å²) in [6.45, 7) is 7.24. The van der Waals surface area contributed by atoms with Gasteiger partial charge in [-0.05, 0) is 31.6 Å². The van der Waals surface area contributed by atoms with Gasteiger partial charge in [0.05, 0.1) is 26.4 Å². The first-order chi connectivity index (χ1) is 43.0. The summed E-state index contributed by atoms with van der Waals surface area (Å²) in [6, 6.07) is 0. The predicted molar refractivity (Wildman–Crippen MR) is 358 cm³/mol. The summed E-state index contributed by atoms with van der Waals surface area (Å²) in [5.41, 5.74) is 0. The molecule has 0 heterocycles. The number of phosphoric acid groups is 2. The monoisotopic (exact) mass is 1310 g/mol. The van der Waals surface area contributed by atoms with Gasteiger partial charge in [-0.3, -0.25) is 37.3 Å². The SMILES string of the molecule is CCCCCCCCCCCCCCCC(=O)OC[C@H](COP(=O)(O)OC[C@@H](O)COP(=O)(O)OC[C@@H](COC(=O)CCCCCCCCCCC)OC(=O)CCCCCCCCCCCCCCC)OC(=O)CCCCCCCCCCCCCC(C)C. The van der Waals surface area contributed by atoms with Crippen LogP contribution in [0.5, 0.6) is 0 Å². The first-order valence-corrected chi connectivity index (χ1v) is 39.6. The van der Waals surface area contributed by atoms with Gasteiger partial charge in [0.2, 0.25) is 0 Å². The Balaban J connectivity index is 5.24. The molecule has 0 aliphatic carbocycles. The molecule has 0 aromatic heterocycles. The molecule has 17 nitrogen and oxygen atoms in total. The number of aliphatic hydroxyl groups excluding tert-OH is 1. The Hall–Kier alpha value is -1.94. The number of hydrogen-bond acceptors (Lipinski definition) is 15. The Kier molecular flexibility index (Phi) is 62.1. The van der Waals surface area contributed by atoms with Crippen molar-refractivity contribution in [2.24, 2.45) is 5.92 Å². The summed E-state index contributed by atoms with van der Waals surface area (Å²) in [5, 5.41) is 10.6. The van der Waals surface area contributed by atoms with Crippen LogP contribution in [0.15, 0.2) is 0 Å². The van der Waals surface area contributed by atoms with Gasteiger partial charge in [0.25, 0.3) is 0 Å². The van der Waals surface area contributed by atoms with Gasteiger partial charge in [-0.15, -0.1) is 0 Å². The Morgan fingerprint density at radius 3 is 0.764 bits per heavy atom. The smallest absolute Gasteiger partial charge is 0.462 e. The highest BCUT2D eigenvalue weighted by atomic mass is 31.2. The number of carbonyl (C=O) groups excluding carboxylic acids is 4. The van der Waals surface area contributed by atoms with Crippen molar-refractivity contribution in [3.05, 3.63) is 0 Å². The number of hydrogen-bond donors (Lipinski definition) is 3. The number of unbranched alkanes of at least 4 members (excludes halogenated alkanes) is 42. The fraction of sp³-hybridized carbons (Fsp3) is 0.943. The van der Waals surface area contributed by atoms with Crippen molar-refractivity contribution < 1.29 is 80.2 Å². The molecular weight excluding hydrogens is 1170 g/mol. The van der Waals surface area contributed by atoms with Crippen LogP contribution < -0.4 is 0 Å². The molecule has 0 saturated carbocycles. The van der Waals surface area contributed by atoms with Gasteiger partial charge in [-0.1, -0.05) is 311 Å². The Bertz CT molecular complexity index is 1720. The van der Waals surface area contributed by atoms with Crippen LogP contribution in [-0.4, -0.2) is 96.7 Å². The fourth-order valence-corrected chi connectivity index (χ4v) is 12.2. The maximum absolute atomic E-state index is 13.0. The second-order valence-corrected chi connectivity index (χ2v) is 28.7. The standard InChI is InChI=1S/C70H136O17P2/c1-6-9-12-15-18-21-23-25-29-34-39-44-49-54-68(73)81-60-66(87-70(75)56-51-46-41-36-31-27-28-33-37-42-47-52-63(4)5)62-85-89(78,79)83-58-64(71)57-82-88(76,77)84-61-65(59-80-67(72)53-48-43-38-32-20-17-14-11-8-3)86-69(74)55-50-45-40-35-30-26-24-22-19-16-13-10-7-2/h63-66,71H,6-62H2,1-5H3,(H,76,77)(H,78,79)/t64-,65+,66+/m0/s1. The second-order valence-electron chi connectivity index (χ2n) is 25.7. The van der Waals surface area contributed by atoms with Crippen molar-refractivity contribution in [1.82, 2.24) is 0 Å². The summed E-state index contributed by atoms with van der Waals surface area (Å²) in [5.74, 6) is -1.36. The molecule has 0 spiro atoms.